The third-order valence-electron chi connectivity index (χ3n) is 3.46. The van der Waals surface area contributed by atoms with Gasteiger partial charge in [-0.05, 0) is 42.8 Å². The molecule has 0 spiro atoms. The van der Waals surface area contributed by atoms with E-state index >= 15 is 0 Å². The third-order valence-corrected chi connectivity index (χ3v) is 4.86. The highest BCUT2D eigenvalue weighted by Gasteiger charge is 2.13. The molecule has 0 amide bonds. The van der Waals surface area contributed by atoms with Crippen LogP contribution in [0.2, 0.25) is 0 Å². The van der Waals surface area contributed by atoms with Gasteiger partial charge in [-0.1, -0.05) is 31.5 Å². The van der Waals surface area contributed by atoms with Crippen molar-refractivity contribution in [2.45, 2.75) is 24.7 Å². The summed E-state index contributed by atoms with van der Waals surface area (Å²) in [6.07, 6.45) is 2.29. The monoisotopic (exact) mass is 318 g/mol. The second-order valence-electron chi connectivity index (χ2n) is 5.24. The van der Waals surface area contributed by atoms with Crippen molar-refractivity contribution in [1.29, 1.82) is 0 Å². The van der Waals surface area contributed by atoms with Crippen LogP contribution in [-0.4, -0.2) is 22.0 Å². The SMILES string of the molecule is CCCCN(C)c1ccc(NS(=O)(=O)c2ccccc2)cc1. The Hall–Kier alpha value is -2.01. The maximum Gasteiger partial charge on any atom is 0.261 e. The van der Waals surface area contributed by atoms with E-state index in [1.807, 2.05) is 19.2 Å². The number of hydrogen-bond acceptors (Lipinski definition) is 3. The van der Waals surface area contributed by atoms with Crippen molar-refractivity contribution < 1.29 is 8.42 Å². The first-order valence-corrected chi connectivity index (χ1v) is 8.90. The number of hydrogen-bond donors (Lipinski definition) is 1. The molecule has 0 heterocycles. The second kappa shape index (κ2) is 7.31. The molecular formula is C17H22N2O2S. The number of nitrogens with one attached hydrogen (secondary N) is 1. The largest absolute Gasteiger partial charge is 0.375 e. The summed E-state index contributed by atoms with van der Waals surface area (Å²) in [7, 11) is -1.48. The molecule has 2 aromatic rings. The zero-order valence-electron chi connectivity index (χ0n) is 13.0. The van der Waals surface area contributed by atoms with Gasteiger partial charge < -0.3 is 4.90 Å². The van der Waals surface area contributed by atoms with E-state index in [0.29, 0.717) is 5.69 Å². The van der Waals surface area contributed by atoms with Crippen LogP contribution in [0.1, 0.15) is 19.8 Å². The van der Waals surface area contributed by atoms with Gasteiger partial charge in [0.05, 0.1) is 4.90 Å². The van der Waals surface area contributed by atoms with Crippen LogP contribution in [0.5, 0.6) is 0 Å². The summed E-state index contributed by atoms with van der Waals surface area (Å²) in [5.74, 6) is 0. The number of nitrogens with zero attached hydrogens (tertiary/aromatic N) is 1. The van der Waals surface area contributed by atoms with E-state index in [1.165, 1.54) is 0 Å². The second-order valence-corrected chi connectivity index (χ2v) is 6.92. The minimum atomic E-state index is -3.52. The van der Waals surface area contributed by atoms with Crippen molar-refractivity contribution >= 4 is 21.4 Å². The van der Waals surface area contributed by atoms with Crippen LogP contribution in [0.4, 0.5) is 11.4 Å². The molecule has 0 fully saturated rings. The summed E-state index contributed by atoms with van der Waals surface area (Å²) in [4.78, 5) is 2.43. The fourth-order valence-corrected chi connectivity index (χ4v) is 3.20. The van der Waals surface area contributed by atoms with E-state index in [-0.39, 0.29) is 4.90 Å². The molecule has 1 N–H and O–H groups in total. The molecule has 0 unspecified atom stereocenters. The highest BCUT2D eigenvalue weighted by atomic mass is 32.2. The van der Waals surface area contributed by atoms with Crippen LogP contribution in [-0.2, 0) is 10.0 Å². The molecule has 0 saturated heterocycles. The molecule has 4 nitrogen and oxygen atoms in total. The highest BCUT2D eigenvalue weighted by molar-refractivity contribution is 7.92. The highest BCUT2D eigenvalue weighted by Crippen LogP contribution is 2.20. The van der Waals surface area contributed by atoms with E-state index < -0.39 is 10.0 Å². The molecule has 2 aromatic carbocycles. The quantitative estimate of drug-likeness (QED) is 0.846. The predicted molar refractivity (Wildman–Crippen MR) is 91.9 cm³/mol. The maximum absolute atomic E-state index is 12.2. The minimum Gasteiger partial charge on any atom is -0.375 e. The summed E-state index contributed by atoms with van der Waals surface area (Å²) in [5.41, 5.74) is 1.65. The predicted octanol–water partition coefficient (Wildman–Crippen LogP) is 3.72. The fourth-order valence-electron chi connectivity index (χ4n) is 2.12. The Balaban J connectivity index is 2.08. The van der Waals surface area contributed by atoms with Crippen LogP contribution >= 0.6 is 0 Å². The lowest BCUT2D eigenvalue weighted by Gasteiger charge is -2.19. The lowest BCUT2D eigenvalue weighted by molar-refractivity contribution is 0.601. The molecule has 0 aliphatic rings. The Morgan fingerprint density at radius 3 is 2.23 bits per heavy atom. The Bertz CT molecular complexity index is 682. The lowest BCUT2D eigenvalue weighted by Crippen LogP contribution is -2.18. The van der Waals surface area contributed by atoms with Gasteiger partial charge in [0.1, 0.15) is 0 Å². The Kier molecular flexibility index (Phi) is 5.44. The summed E-state index contributed by atoms with van der Waals surface area (Å²) in [6.45, 7) is 3.15. The van der Waals surface area contributed by atoms with Crippen molar-refractivity contribution in [3.63, 3.8) is 0 Å². The Morgan fingerprint density at radius 2 is 1.64 bits per heavy atom. The molecule has 22 heavy (non-hydrogen) atoms. The van der Waals surface area contributed by atoms with Crippen LogP contribution in [0.25, 0.3) is 0 Å². The van der Waals surface area contributed by atoms with Crippen LogP contribution in [0.3, 0.4) is 0 Å². The van der Waals surface area contributed by atoms with E-state index in [2.05, 4.69) is 16.5 Å². The van der Waals surface area contributed by atoms with E-state index in [0.717, 1.165) is 25.1 Å². The normalized spacial score (nSPS) is 11.2. The minimum absolute atomic E-state index is 0.263. The smallest absolute Gasteiger partial charge is 0.261 e. The topological polar surface area (TPSA) is 49.4 Å². The molecule has 0 bridgehead atoms. The van der Waals surface area contributed by atoms with Gasteiger partial charge in [0, 0.05) is 25.0 Å². The third kappa shape index (κ3) is 4.24. The lowest BCUT2D eigenvalue weighted by atomic mass is 10.2. The number of rotatable bonds is 7. The van der Waals surface area contributed by atoms with Crippen molar-refractivity contribution in [2.24, 2.45) is 0 Å². The van der Waals surface area contributed by atoms with Crippen molar-refractivity contribution in [3.8, 4) is 0 Å². The van der Waals surface area contributed by atoms with Gasteiger partial charge >= 0.3 is 0 Å². The average Bonchev–Trinajstić information content (AvgIpc) is 2.54. The zero-order chi connectivity index (χ0) is 16.0. The molecule has 118 valence electrons. The first-order valence-electron chi connectivity index (χ1n) is 7.42. The number of sulfonamides is 1. The average molecular weight is 318 g/mol. The zero-order valence-corrected chi connectivity index (χ0v) is 13.8. The van der Waals surface area contributed by atoms with Gasteiger partial charge in [-0.25, -0.2) is 8.42 Å². The maximum atomic E-state index is 12.2. The summed E-state index contributed by atoms with van der Waals surface area (Å²) < 4.78 is 27.1. The van der Waals surface area contributed by atoms with Crippen molar-refractivity contribution in [3.05, 3.63) is 54.6 Å². The van der Waals surface area contributed by atoms with Crippen molar-refractivity contribution in [1.82, 2.24) is 0 Å². The van der Waals surface area contributed by atoms with Gasteiger partial charge in [-0.15, -0.1) is 0 Å². The first kappa shape index (κ1) is 16.4. The molecule has 2 rings (SSSR count). The molecular weight excluding hydrogens is 296 g/mol. The molecule has 0 radical (unpaired) electrons. The summed E-state index contributed by atoms with van der Waals surface area (Å²) in [5, 5.41) is 0. The van der Waals surface area contributed by atoms with Gasteiger partial charge in [0.2, 0.25) is 0 Å². The molecule has 0 aromatic heterocycles. The molecule has 5 heteroatoms. The number of anilines is 2. The Labute approximate surface area is 132 Å². The van der Waals surface area contributed by atoms with Gasteiger partial charge in [0.25, 0.3) is 10.0 Å². The fraction of sp³-hybridized carbons (Fsp3) is 0.294. The number of unbranched alkanes of at least 4 members (excludes halogenated alkanes) is 1. The summed E-state index contributed by atoms with van der Waals surface area (Å²) >= 11 is 0. The van der Waals surface area contributed by atoms with Gasteiger partial charge in [0.15, 0.2) is 0 Å². The van der Waals surface area contributed by atoms with E-state index in [4.69, 9.17) is 0 Å². The molecule has 0 saturated carbocycles. The van der Waals surface area contributed by atoms with Gasteiger partial charge in [-0.2, -0.15) is 0 Å². The van der Waals surface area contributed by atoms with Gasteiger partial charge in [-0.3, -0.25) is 4.72 Å². The Morgan fingerprint density at radius 1 is 1.00 bits per heavy atom. The van der Waals surface area contributed by atoms with Crippen molar-refractivity contribution in [2.75, 3.05) is 23.2 Å². The molecule has 0 atom stereocenters. The van der Waals surface area contributed by atoms with Crippen LogP contribution in [0.15, 0.2) is 59.5 Å². The van der Waals surface area contributed by atoms with Crippen LogP contribution in [0, 0.1) is 0 Å². The van der Waals surface area contributed by atoms with Crippen LogP contribution < -0.4 is 9.62 Å². The summed E-state index contributed by atoms with van der Waals surface area (Å²) in [6, 6.07) is 15.8. The first-order chi connectivity index (χ1) is 10.5. The molecule has 0 aliphatic heterocycles. The molecule has 0 aliphatic carbocycles. The standard InChI is InChI=1S/C17H22N2O2S/c1-3-4-14-19(2)16-12-10-15(11-13-16)18-22(20,21)17-8-6-5-7-9-17/h5-13,18H,3-4,14H2,1-2H3. The van der Waals surface area contributed by atoms with E-state index in [1.54, 1.807) is 42.5 Å². The van der Waals surface area contributed by atoms with E-state index in [9.17, 15) is 8.42 Å². The number of benzene rings is 2.